The van der Waals surface area contributed by atoms with Gasteiger partial charge in [-0.3, -0.25) is 4.79 Å². The number of hydrogen-bond acceptors (Lipinski definition) is 6. The number of para-hydroxylation sites is 1. The highest BCUT2D eigenvalue weighted by Crippen LogP contribution is 2.23. The van der Waals surface area contributed by atoms with Gasteiger partial charge in [0, 0.05) is 18.8 Å². The third kappa shape index (κ3) is 7.70. The Morgan fingerprint density at radius 1 is 0.700 bits per heavy atom. The van der Waals surface area contributed by atoms with Crippen molar-refractivity contribution >= 4 is 23.7 Å². The topological polar surface area (TPSA) is 94.2 Å². The number of anilines is 1. The van der Waals surface area contributed by atoms with E-state index in [0.717, 1.165) is 16.9 Å². The zero-order valence-corrected chi connectivity index (χ0v) is 22.3. The summed E-state index contributed by atoms with van der Waals surface area (Å²) < 4.78 is 15.5. The number of hydrogen-bond donors (Lipinski definition) is 1. The van der Waals surface area contributed by atoms with Crippen molar-refractivity contribution in [1.29, 1.82) is 0 Å². The number of nitrogens with one attached hydrogen (secondary N) is 1. The van der Waals surface area contributed by atoms with E-state index in [1.165, 1.54) is 20.3 Å². The number of carbonyl (C=O) groups is 3. The molecule has 8 heteroatoms. The zero-order chi connectivity index (χ0) is 28.3. The van der Waals surface area contributed by atoms with Gasteiger partial charge in [0.15, 0.2) is 0 Å². The second kappa shape index (κ2) is 13.6. The molecule has 4 aromatic rings. The minimum Gasteiger partial charge on any atom is -0.469 e. The van der Waals surface area contributed by atoms with E-state index >= 15 is 0 Å². The standard InChI is InChI=1S/C32H30N2O6/c1-38-30(35)20-25-19-26(15-18-29(25)31(36)39-2)33-32(37)34(21-23-9-5-3-6-10-23)22-24-13-16-28(17-14-24)40-27-11-7-4-8-12-27/h3-19H,20-22H2,1-2H3,(H,33,37). The fourth-order valence-corrected chi connectivity index (χ4v) is 4.07. The molecule has 40 heavy (non-hydrogen) atoms. The van der Waals surface area contributed by atoms with E-state index in [2.05, 4.69) is 5.32 Å². The summed E-state index contributed by atoms with van der Waals surface area (Å²) in [5.74, 6) is 0.337. The highest BCUT2D eigenvalue weighted by atomic mass is 16.5. The molecule has 0 saturated carbocycles. The van der Waals surface area contributed by atoms with Crippen molar-refractivity contribution < 1.29 is 28.6 Å². The SMILES string of the molecule is COC(=O)Cc1cc(NC(=O)N(Cc2ccccc2)Cc2ccc(Oc3ccccc3)cc2)ccc1C(=O)OC. The van der Waals surface area contributed by atoms with Crippen molar-refractivity contribution in [2.75, 3.05) is 19.5 Å². The summed E-state index contributed by atoms with van der Waals surface area (Å²) in [6.45, 7) is 0.700. The molecule has 2 amide bonds. The van der Waals surface area contributed by atoms with E-state index in [9.17, 15) is 14.4 Å². The minimum atomic E-state index is -0.581. The van der Waals surface area contributed by atoms with Gasteiger partial charge in [0.05, 0.1) is 26.2 Å². The van der Waals surface area contributed by atoms with Crippen LogP contribution in [0.1, 0.15) is 27.0 Å². The molecule has 0 radical (unpaired) electrons. The van der Waals surface area contributed by atoms with Gasteiger partial charge in [-0.2, -0.15) is 0 Å². The first-order valence-electron chi connectivity index (χ1n) is 12.6. The molecule has 4 rings (SSSR count). The number of urea groups is 1. The van der Waals surface area contributed by atoms with Crippen LogP contribution in [0, 0.1) is 0 Å². The second-order valence-electron chi connectivity index (χ2n) is 8.95. The van der Waals surface area contributed by atoms with Crippen molar-refractivity contribution in [3.05, 3.63) is 125 Å². The van der Waals surface area contributed by atoms with Crippen LogP contribution in [0.3, 0.4) is 0 Å². The first-order valence-corrected chi connectivity index (χ1v) is 12.6. The Bertz CT molecular complexity index is 1440. The van der Waals surface area contributed by atoms with E-state index in [-0.39, 0.29) is 18.0 Å². The van der Waals surface area contributed by atoms with Gasteiger partial charge in [0.2, 0.25) is 0 Å². The predicted molar refractivity (Wildman–Crippen MR) is 151 cm³/mol. The molecule has 0 bridgehead atoms. The number of benzene rings is 4. The van der Waals surface area contributed by atoms with Gasteiger partial charge in [0.25, 0.3) is 0 Å². The van der Waals surface area contributed by atoms with Crippen LogP contribution in [0.5, 0.6) is 11.5 Å². The molecule has 0 spiro atoms. The lowest BCUT2D eigenvalue weighted by Gasteiger charge is -2.24. The summed E-state index contributed by atoms with van der Waals surface area (Å²) in [4.78, 5) is 39.3. The summed E-state index contributed by atoms with van der Waals surface area (Å²) in [6.07, 6.45) is -0.143. The Morgan fingerprint density at radius 3 is 1.93 bits per heavy atom. The Labute approximate surface area is 233 Å². The van der Waals surface area contributed by atoms with Crippen LogP contribution in [-0.4, -0.2) is 37.1 Å². The molecule has 8 nitrogen and oxygen atoms in total. The molecule has 4 aromatic carbocycles. The van der Waals surface area contributed by atoms with Crippen molar-refractivity contribution in [3.8, 4) is 11.5 Å². The average Bonchev–Trinajstić information content (AvgIpc) is 2.98. The Balaban J connectivity index is 1.53. The highest BCUT2D eigenvalue weighted by molar-refractivity contribution is 5.95. The molecular formula is C32H30N2O6. The number of esters is 2. The van der Waals surface area contributed by atoms with Crippen LogP contribution in [0.15, 0.2) is 103 Å². The van der Waals surface area contributed by atoms with Gasteiger partial charge >= 0.3 is 18.0 Å². The van der Waals surface area contributed by atoms with E-state index in [4.69, 9.17) is 14.2 Å². The maximum absolute atomic E-state index is 13.5. The molecule has 0 fully saturated rings. The van der Waals surface area contributed by atoms with Gasteiger partial charge in [-0.05, 0) is 59.2 Å². The molecule has 0 aliphatic heterocycles. The summed E-state index contributed by atoms with van der Waals surface area (Å²) in [5, 5.41) is 2.90. The largest absolute Gasteiger partial charge is 0.469 e. The Kier molecular flexibility index (Phi) is 9.50. The maximum atomic E-state index is 13.5. The lowest BCUT2D eigenvalue weighted by molar-refractivity contribution is -0.139. The summed E-state index contributed by atoms with van der Waals surface area (Å²) >= 11 is 0. The molecule has 0 unspecified atom stereocenters. The first-order chi connectivity index (χ1) is 19.4. The lowest BCUT2D eigenvalue weighted by atomic mass is 10.0. The lowest BCUT2D eigenvalue weighted by Crippen LogP contribution is -2.34. The van der Waals surface area contributed by atoms with E-state index < -0.39 is 11.9 Å². The first kappa shape index (κ1) is 27.9. The smallest absolute Gasteiger partial charge is 0.338 e. The number of amides is 2. The third-order valence-corrected chi connectivity index (χ3v) is 6.10. The van der Waals surface area contributed by atoms with Crippen LogP contribution in [0.2, 0.25) is 0 Å². The average molecular weight is 539 g/mol. The highest BCUT2D eigenvalue weighted by Gasteiger charge is 2.19. The molecule has 0 heterocycles. The van der Waals surface area contributed by atoms with E-state index in [0.29, 0.717) is 30.1 Å². The predicted octanol–water partition coefficient (Wildman–Crippen LogP) is 6.22. The minimum absolute atomic E-state index is 0.143. The molecular weight excluding hydrogens is 508 g/mol. The fourth-order valence-electron chi connectivity index (χ4n) is 4.07. The second-order valence-corrected chi connectivity index (χ2v) is 8.95. The van der Waals surface area contributed by atoms with Crippen LogP contribution < -0.4 is 10.1 Å². The van der Waals surface area contributed by atoms with E-state index in [1.807, 2.05) is 84.9 Å². The van der Waals surface area contributed by atoms with Crippen molar-refractivity contribution in [1.82, 2.24) is 4.90 Å². The number of nitrogens with zero attached hydrogens (tertiary/aromatic N) is 1. The summed E-state index contributed by atoms with van der Waals surface area (Å²) in [7, 11) is 2.54. The maximum Gasteiger partial charge on any atom is 0.338 e. The Morgan fingerprint density at radius 2 is 1.30 bits per heavy atom. The molecule has 0 aliphatic carbocycles. The molecule has 0 aliphatic rings. The zero-order valence-electron chi connectivity index (χ0n) is 22.3. The fraction of sp³-hybridized carbons (Fsp3) is 0.156. The monoisotopic (exact) mass is 538 g/mol. The van der Waals surface area contributed by atoms with Gasteiger partial charge in [-0.15, -0.1) is 0 Å². The van der Waals surface area contributed by atoms with Gasteiger partial charge in [-0.25, -0.2) is 9.59 Å². The van der Waals surface area contributed by atoms with Crippen LogP contribution in [0.4, 0.5) is 10.5 Å². The third-order valence-electron chi connectivity index (χ3n) is 6.10. The van der Waals surface area contributed by atoms with Gasteiger partial charge in [-0.1, -0.05) is 60.7 Å². The number of methoxy groups -OCH3 is 2. The molecule has 0 aromatic heterocycles. The summed E-state index contributed by atoms with van der Waals surface area (Å²) in [5.41, 5.74) is 2.93. The molecule has 1 N–H and O–H groups in total. The van der Waals surface area contributed by atoms with Crippen LogP contribution in [-0.2, 0) is 33.8 Å². The van der Waals surface area contributed by atoms with Crippen molar-refractivity contribution in [2.24, 2.45) is 0 Å². The van der Waals surface area contributed by atoms with Gasteiger partial charge < -0.3 is 24.4 Å². The van der Waals surface area contributed by atoms with Crippen molar-refractivity contribution in [2.45, 2.75) is 19.5 Å². The van der Waals surface area contributed by atoms with E-state index in [1.54, 1.807) is 17.0 Å². The molecule has 0 atom stereocenters. The molecule has 0 saturated heterocycles. The number of ether oxygens (including phenoxy) is 3. The van der Waals surface area contributed by atoms with Crippen LogP contribution in [0.25, 0.3) is 0 Å². The number of carbonyl (C=O) groups excluding carboxylic acids is 3. The number of rotatable bonds is 10. The van der Waals surface area contributed by atoms with Crippen LogP contribution >= 0.6 is 0 Å². The van der Waals surface area contributed by atoms with Gasteiger partial charge in [0.1, 0.15) is 11.5 Å². The quantitative estimate of drug-likeness (QED) is 0.241. The van der Waals surface area contributed by atoms with Crippen molar-refractivity contribution in [3.63, 3.8) is 0 Å². The summed E-state index contributed by atoms with van der Waals surface area (Å²) in [6, 6.07) is 31.1. The normalized spacial score (nSPS) is 10.3. The Hall–Kier alpha value is -5.11. The molecule has 204 valence electrons.